The Morgan fingerprint density at radius 3 is 1.93 bits per heavy atom. The highest BCUT2D eigenvalue weighted by atomic mass is 35.5. The number of fused-ring (bicyclic) bond motifs is 2. The maximum Gasteiger partial charge on any atom is 0.199 e. The van der Waals surface area contributed by atoms with Crippen LogP contribution in [0.3, 0.4) is 0 Å². The predicted octanol–water partition coefficient (Wildman–Crippen LogP) is 7.40. The number of likely N-dealkylation sites (N-methyl/N-ethyl adjacent to an activating group) is 1. The third-order valence-corrected chi connectivity index (χ3v) is 8.00. The molecule has 6 nitrogen and oxygen atoms in total. The van der Waals surface area contributed by atoms with Crippen molar-refractivity contribution in [2.24, 2.45) is 0 Å². The molecule has 0 atom stereocenters. The third kappa shape index (κ3) is 5.21. The zero-order chi connectivity index (χ0) is 28.3. The van der Waals surface area contributed by atoms with Gasteiger partial charge in [0.25, 0.3) is 0 Å². The van der Waals surface area contributed by atoms with Gasteiger partial charge >= 0.3 is 0 Å². The van der Waals surface area contributed by atoms with Gasteiger partial charge in [0.2, 0.25) is 0 Å². The van der Waals surface area contributed by atoms with Crippen molar-refractivity contribution in [3.8, 4) is 22.8 Å². The Hall–Kier alpha value is -4.13. The van der Waals surface area contributed by atoms with E-state index < -0.39 is 0 Å². The summed E-state index contributed by atoms with van der Waals surface area (Å²) in [5.41, 5.74) is 5.17. The van der Waals surface area contributed by atoms with Gasteiger partial charge < -0.3 is 14.4 Å². The van der Waals surface area contributed by atoms with Crippen LogP contribution in [0, 0.1) is 0 Å². The lowest BCUT2D eigenvalue weighted by molar-refractivity contribution is 0.103. The topological polar surface area (TPSA) is 56.6 Å². The summed E-state index contributed by atoms with van der Waals surface area (Å²) in [5.74, 6) is 0.891. The van der Waals surface area contributed by atoms with Crippen molar-refractivity contribution in [2.75, 3.05) is 19.6 Å². The molecule has 0 spiro atoms. The van der Waals surface area contributed by atoms with Gasteiger partial charge in [-0.2, -0.15) is 5.10 Å². The lowest BCUT2D eigenvalue weighted by Crippen LogP contribution is -2.27. The number of ether oxygens (including phenoxy) is 2. The summed E-state index contributed by atoms with van der Waals surface area (Å²) in [6, 6.07) is 27.3. The molecule has 0 radical (unpaired) electrons. The molecule has 0 unspecified atom stereocenters. The minimum atomic E-state index is -0.181. The normalized spacial score (nSPS) is 12.1. The largest absolute Gasteiger partial charge is 0.488 e. The van der Waals surface area contributed by atoms with Gasteiger partial charge in [-0.3, -0.25) is 9.48 Å². The molecule has 0 saturated heterocycles. The van der Waals surface area contributed by atoms with Crippen LogP contribution in [-0.2, 0) is 19.8 Å². The number of halogens is 1. The Bertz CT molecular complexity index is 1700. The fourth-order valence-electron chi connectivity index (χ4n) is 5.45. The highest BCUT2D eigenvalue weighted by molar-refractivity contribution is 6.39. The minimum absolute atomic E-state index is 0.181. The molecular formula is C34H32ClN3O3. The number of ketones is 1. The Morgan fingerprint density at radius 2 is 1.34 bits per heavy atom. The zero-order valence-electron chi connectivity index (χ0n) is 23.3. The lowest BCUT2D eigenvalue weighted by atomic mass is 9.86. The number of benzene rings is 4. The average Bonchev–Trinajstić information content (AvgIpc) is 3.38. The average molecular weight is 566 g/mol. The highest BCUT2D eigenvalue weighted by Crippen LogP contribution is 2.48. The quantitative estimate of drug-likeness (QED) is 0.164. The number of rotatable bonds is 11. The van der Waals surface area contributed by atoms with Gasteiger partial charge in [0.1, 0.15) is 30.4 Å². The first-order valence-electron chi connectivity index (χ1n) is 14.1. The number of aromatic nitrogens is 2. The van der Waals surface area contributed by atoms with Crippen LogP contribution in [0.25, 0.3) is 22.2 Å². The lowest BCUT2D eigenvalue weighted by Gasteiger charge is -2.22. The molecule has 1 aliphatic rings. The van der Waals surface area contributed by atoms with Crippen LogP contribution in [-0.4, -0.2) is 40.1 Å². The van der Waals surface area contributed by atoms with Crippen molar-refractivity contribution in [1.29, 1.82) is 0 Å². The van der Waals surface area contributed by atoms with Crippen LogP contribution in [0.5, 0.6) is 11.5 Å². The molecule has 208 valence electrons. The molecule has 0 bridgehead atoms. The van der Waals surface area contributed by atoms with Crippen LogP contribution in [0.4, 0.5) is 0 Å². The van der Waals surface area contributed by atoms with Crippen LogP contribution >= 0.6 is 11.6 Å². The van der Waals surface area contributed by atoms with E-state index in [9.17, 15) is 4.79 Å². The molecule has 41 heavy (non-hydrogen) atoms. The standard InChI is InChI=1S/C34H32ClN3O3/c1-3-37(4-2)19-20-38-26-16-15-25(35)29-30(26)33(36-38)31-27(40-21-23-11-7-5-8-12-23)17-18-28(32(31)34(29)39)41-22-24-13-9-6-10-14-24/h5-18H,3-4,19-22H2,1-2H3. The summed E-state index contributed by atoms with van der Waals surface area (Å²) < 4.78 is 14.7. The summed E-state index contributed by atoms with van der Waals surface area (Å²) in [6.45, 7) is 8.45. The molecule has 7 heteroatoms. The number of carbonyl (C=O) groups excluding carboxylic acids is 1. The van der Waals surface area contributed by atoms with Gasteiger partial charge in [0, 0.05) is 11.9 Å². The summed E-state index contributed by atoms with van der Waals surface area (Å²) in [4.78, 5) is 16.6. The van der Waals surface area contributed by atoms with Gasteiger partial charge in [0.15, 0.2) is 5.78 Å². The number of hydrogen-bond donors (Lipinski definition) is 0. The molecule has 0 saturated carbocycles. The monoisotopic (exact) mass is 565 g/mol. The van der Waals surface area contributed by atoms with Crippen LogP contribution in [0.1, 0.15) is 40.9 Å². The van der Waals surface area contributed by atoms with E-state index in [1.165, 1.54) is 0 Å². The van der Waals surface area contributed by atoms with Crippen molar-refractivity contribution in [2.45, 2.75) is 33.6 Å². The van der Waals surface area contributed by atoms with Crippen molar-refractivity contribution in [1.82, 2.24) is 14.7 Å². The second kappa shape index (κ2) is 11.8. The van der Waals surface area contributed by atoms with E-state index in [0.717, 1.165) is 41.7 Å². The fourth-order valence-corrected chi connectivity index (χ4v) is 5.69. The van der Waals surface area contributed by atoms with Gasteiger partial charge in [-0.1, -0.05) is 86.1 Å². The van der Waals surface area contributed by atoms with E-state index in [0.29, 0.717) is 58.7 Å². The molecule has 0 fully saturated rings. The van der Waals surface area contributed by atoms with E-state index in [1.807, 2.05) is 83.5 Å². The highest BCUT2D eigenvalue weighted by Gasteiger charge is 2.36. The second-order valence-corrected chi connectivity index (χ2v) is 10.5. The predicted molar refractivity (Wildman–Crippen MR) is 163 cm³/mol. The number of carbonyl (C=O) groups is 1. The van der Waals surface area contributed by atoms with Crippen molar-refractivity contribution in [3.05, 3.63) is 112 Å². The van der Waals surface area contributed by atoms with Crippen molar-refractivity contribution >= 4 is 28.3 Å². The maximum atomic E-state index is 14.3. The first-order valence-corrected chi connectivity index (χ1v) is 14.4. The minimum Gasteiger partial charge on any atom is -0.488 e. The molecule has 1 aliphatic carbocycles. The molecule has 1 aromatic heterocycles. The Balaban J connectivity index is 1.49. The number of nitrogens with zero attached hydrogens (tertiary/aromatic N) is 3. The van der Waals surface area contributed by atoms with Crippen LogP contribution < -0.4 is 9.47 Å². The molecule has 0 amide bonds. The zero-order valence-corrected chi connectivity index (χ0v) is 24.0. The Kier molecular flexibility index (Phi) is 7.77. The van der Waals surface area contributed by atoms with Crippen LogP contribution in [0.15, 0.2) is 84.9 Å². The molecule has 0 aliphatic heterocycles. The van der Waals surface area contributed by atoms with E-state index in [2.05, 4.69) is 18.7 Å². The molecule has 4 aromatic carbocycles. The Labute approximate surface area is 245 Å². The molecule has 5 aromatic rings. The first kappa shape index (κ1) is 27.1. The Morgan fingerprint density at radius 1 is 0.756 bits per heavy atom. The van der Waals surface area contributed by atoms with E-state index >= 15 is 0 Å². The van der Waals surface area contributed by atoms with Crippen molar-refractivity contribution < 1.29 is 14.3 Å². The van der Waals surface area contributed by atoms with E-state index in [4.69, 9.17) is 26.2 Å². The van der Waals surface area contributed by atoms with Gasteiger partial charge in [-0.05, 0) is 48.5 Å². The second-order valence-electron chi connectivity index (χ2n) is 10.1. The third-order valence-electron chi connectivity index (χ3n) is 7.68. The summed E-state index contributed by atoms with van der Waals surface area (Å²) in [5, 5.41) is 6.26. The SMILES string of the molecule is CCN(CC)CCn1nc2c3c(c(Cl)ccc31)C(=O)c1c(OCc3ccccc3)ccc(OCc3ccccc3)c1-2. The smallest absolute Gasteiger partial charge is 0.199 e. The summed E-state index contributed by atoms with van der Waals surface area (Å²) in [7, 11) is 0. The molecule has 0 N–H and O–H groups in total. The summed E-state index contributed by atoms with van der Waals surface area (Å²) >= 11 is 6.72. The molecule has 1 heterocycles. The molecule has 6 rings (SSSR count). The van der Waals surface area contributed by atoms with E-state index in [-0.39, 0.29) is 5.78 Å². The molecular weight excluding hydrogens is 534 g/mol. The van der Waals surface area contributed by atoms with E-state index in [1.54, 1.807) is 6.07 Å². The summed E-state index contributed by atoms with van der Waals surface area (Å²) in [6.07, 6.45) is 0. The first-order chi connectivity index (χ1) is 20.1. The van der Waals surface area contributed by atoms with Gasteiger partial charge in [0.05, 0.1) is 33.8 Å². The van der Waals surface area contributed by atoms with Crippen molar-refractivity contribution in [3.63, 3.8) is 0 Å². The van der Waals surface area contributed by atoms with Crippen LogP contribution in [0.2, 0.25) is 5.02 Å². The van der Waals surface area contributed by atoms with Gasteiger partial charge in [-0.25, -0.2) is 0 Å². The fraction of sp³-hybridized carbons (Fsp3) is 0.235. The van der Waals surface area contributed by atoms with Gasteiger partial charge in [-0.15, -0.1) is 0 Å². The number of hydrogen-bond acceptors (Lipinski definition) is 5. The maximum absolute atomic E-state index is 14.3.